The number of hydrogen-bond donors (Lipinski definition) is 0. The van der Waals surface area contributed by atoms with Gasteiger partial charge in [0.1, 0.15) is 28.5 Å². The molecule has 12 heteroatoms. The van der Waals surface area contributed by atoms with Crippen LogP contribution in [0.15, 0.2) is 41.3 Å². The third-order valence-corrected chi connectivity index (χ3v) is 7.80. The molecule has 3 aromatic heterocycles. The molecule has 10 nitrogen and oxygen atoms in total. The Morgan fingerprint density at radius 2 is 1.72 bits per heavy atom. The van der Waals surface area contributed by atoms with Crippen molar-refractivity contribution in [2.45, 2.75) is 46.3 Å². The number of carbonyl (C=O) groups excluding carboxylic acids is 1. The molecule has 0 spiro atoms. The predicted octanol–water partition coefficient (Wildman–Crippen LogP) is 5.31. The molecule has 0 aliphatic heterocycles. The number of alkyl halides is 2. The summed E-state index contributed by atoms with van der Waals surface area (Å²) in [5.74, 6) is 0.175. The van der Waals surface area contributed by atoms with Gasteiger partial charge in [0, 0.05) is 17.7 Å². The van der Waals surface area contributed by atoms with Crippen LogP contribution in [0.5, 0.6) is 23.0 Å². The van der Waals surface area contributed by atoms with Crippen LogP contribution in [0.3, 0.4) is 0 Å². The van der Waals surface area contributed by atoms with E-state index in [0.29, 0.717) is 51.9 Å². The van der Waals surface area contributed by atoms with E-state index in [-0.39, 0.29) is 34.8 Å². The lowest BCUT2D eigenvalue weighted by Gasteiger charge is -2.36. The summed E-state index contributed by atoms with van der Waals surface area (Å²) in [5, 5.41) is 0. The fourth-order valence-electron chi connectivity index (χ4n) is 5.67. The number of halogens is 2. The lowest BCUT2D eigenvalue weighted by molar-refractivity contribution is -0.0492. The molecule has 0 N–H and O–H groups in total. The highest BCUT2D eigenvalue weighted by Gasteiger charge is 2.39. The minimum absolute atomic E-state index is 0.00700. The third-order valence-electron chi connectivity index (χ3n) is 7.80. The average Bonchev–Trinajstić information content (AvgIpc) is 3.35. The molecule has 1 aliphatic carbocycles. The molecule has 1 atom stereocenters. The van der Waals surface area contributed by atoms with E-state index in [1.165, 1.54) is 39.1 Å². The highest BCUT2D eigenvalue weighted by atomic mass is 19.3. The Hall–Kier alpha value is -4.61. The number of esters is 1. The second kappa shape index (κ2) is 11.2. The van der Waals surface area contributed by atoms with Gasteiger partial charge in [-0.1, -0.05) is 20.8 Å². The van der Waals surface area contributed by atoms with Gasteiger partial charge in [0.15, 0.2) is 11.4 Å². The van der Waals surface area contributed by atoms with Crippen molar-refractivity contribution in [1.82, 2.24) is 14.0 Å². The average molecular weight is 598 g/mol. The van der Waals surface area contributed by atoms with Crippen molar-refractivity contribution in [3.05, 3.63) is 69.3 Å². The first kappa shape index (κ1) is 29.9. The number of nitrogens with zero attached hydrogens (tertiary/aromatic N) is 3. The predicted molar refractivity (Wildman–Crippen MR) is 154 cm³/mol. The number of fused-ring (bicyclic) bond motifs is 5. The molecule has 0 unspecified atom stereocenters. The SMILES string of the molecule is COC(=O)c1cc2c(n(Cc3ccc(OC)cc3OC)c1=O)-c1nc3c(OC(F)F)cc(OC)cn3c1C[C@@H]2C(C)(C)C. The number of aromatic nitrogens is 3. The van der Waals surface area contributed by atoms with Crippen molar-refractivity contribution in [2.24, 2.45) is 5.41 Å². The lowest BCUT2D eigenvalue weighted by Crippen LogP contribution is -2.34. The van der Waals surface area contributed by atoms with E-state index in [1.54, 1.807) is 34.9 Å². The molecule has 5 rings (SSSR count). The summed E-state index contributed by atoms with van der Waals surface area (Å²) in [4.78, 5) is 31.7. The summed E-state index contributed by atoms with van der Waals surface area (Å²) in [6, 6.07) is 8.14. The molecule has 0 saturated heterocycles. The van der Waals surface area contributed by atoms with Crippen LogP contribution in [0.1, 0.15) is 53.9 Å². The molecule has 43 heavy (non-hydrogen) atoms. The van der Waals surface area contributed by atoms with Crippen LogP contribution < -0.4 is 24.5 Å². The third kappa shape index (κ3) is 5.26. The molecular formula is C31H33F2N3O7. The van der Waals surface area contributed by atoms with Crippen LogP contribution in [-0.4, -0.2) is 55.0 Å². The van der Waals surface area contributed by atoms with Gasteiger partial charge in [-0.05, 0) is 41.5 Å². The number of carbonyl (C=O) groups is 1. The Labute approximate surface area is 246 Å². The van der Waals surface area contributed by atoms with Gasteiger partial charge in [-0.15, -0.1) is 0 Å². The molecule has 0 fully saturated rings. The van der Waals surface area contributed by atoms with Crippen LogP contribution >= 0.6 is 0 Å². The summed E-state index contributed by atoms with van der Waals surface area (Å²) in [5.41, 5.74) is 1.96. The zero-order valence-electron chi connectivity index (χ0n) is 25.0. The molecule has 228 valence electrons. The van der Waals surface area contributed by atoms with E-state index in [2.05, 4.69) is 20.8 Å². The van der Waals surface area contributed by atoms with Crippen LogP contribution in [0.25, 0.3) is 17.0 Å². The molecule has 0 radical (unpaired) electrons. The van der Waals surface area contributed by atoms with Gasteiger partial charge >= 0.3 is 12.6 Å². The summed E-state index contributed by atoms with van der Waals surface area (Å²) in [6.07, 6.45) is 2.08. The summed E-state index contributed by atoms with van der Waals surface area (Å²) >= 11 is 0. The number of pyridine rings is 2. The maximum Gasteiger partial charge on any atom is 0.387 e. The van der Waals surface area contributed by atoms with Crippen LogP contribution in [0, 0.1) is 5.41 Å². The van der Waals surface area contributed by atoms with E-state index >= 15 is 0 Å². The standard InChI is InChI=1S/C31H33F2N3O7/c1-31(2,3)21-13-22-25(34-27-24(43-30(32)33)11-18(40-5)15-35(22)27)26-19(21)12-20(29(38)42-7)28(37)36(26)14-16-8-9-17(39-4)10-23(16)41-6/h8-12,15,21,30H,13-14H2,1-7H3/t21-/m0/s1. The first-order valence-electron chi connectivity index (χ1n) is 13.5. The Morgan fingerprint density at radius 3 is 2.33 bits per heavy atom. The summed E-state index contributed by atoms with van der Waals surface area (Å²) < 4.78 is 56.2. The topological polar surface area (TPSA) is 103 Å². The molecule has 0 saturated carbocycles. The van der Waals surface area contributed by atoms with Gasteiger partial charge in [0.25, 0.3) is 5.56 Å². The maximum absolute atomic E-state index is 14.1. The fourth-order valence-corrected chi connectivity index (χ4v) is 5.67. The highest BCUT2D eigenvalue weighted by Crippen LogP contribution is 2.48. The summed E-state index contributed by atoms with van der Waals surface area (Å²) in [6.45, 7) is 3.08. The minimum Gasteiger partial charge on any atom is -0.497 e. The van der Waals surface area contributed by atoms with Crippen LogP contribution in [0.2, 0.25) is 0 Å². The quantitative estimate of drug-likeness (QED) is 0.252. The van der Waals surface area contributed by atoms with Crippen LogP contribution in [-0.2, 0) is 17.7 Å². The number of hydrogen-bond acceptors (Lipinski definition) is 8. The second-order valence-corrected chi connectivity index (χ2v) is 11.3. The fraction of sp³-hybridized carbons (Fsp3) is 0.387. The molecule has 0 amide bonds. The number of methoxy groups -OCH3 is 4. The van der Waals surface area contributed by atoms with Gasteiger partial charge in [-0.3, -0.25) is 9.20 Å². The minimum atomic E-state index is -3.09. The zero-order chi connectivity index (χ0) is 31.2. The number of imidazole rings is 1. The van der Waals surface area contributed by atoms with Crippen molar-refractivity contribution >= 4 is 11.6 Å². The highest BCUT2D eigenvalue weighted by molar-refractivity contribution is 5.90. The lowest BCUT2D eigenvalue weighted by atomic mass is 9.70. The first-order chi connectivity index (χ1) is 20.4. The molecular weight excluding hydrogens is 564 g/mol. The van der Waals surface area contributed by atoms with E-state index in [9.17, 15) is 18.4 Å². The number of benzene rings is 1. The van der Waals surface area contributed by atoms with Gasteiger partial charge in [-0.25, -0.2) is 9.78 Å². The van der Waals surface area contributed by atoms with E-state index < -0.39 is 18.1 Å². The van der Waals surface area contributed by atoms with Gasteiger partial charge < -0.3 is 28.3 Å². The number of ether oxygens (including phenoxy) is 5. The second-order valence-electron chi connectivity index (χ2n) is 11.3. The molecule has 1 aromatic carbocycles. The Morgan fingerprint density at radius 1 is 1.02 bits per heavy atom. The van der Waals surface area contributed by atoms with Crippen LogP contribution in [0.4, 0.5) is 8.78 Å². The Bertz CT molecular complexity index is 1770. The van der Waals surface area contributed by atoms with E-state index in [4.69, 9.17) is 28.7 Å². The van der Waals surface area contributed by atoms with Crippen molar-refractivity contribution in [2.75, 3.05) is 28.4 Å². The normalized spacial score (nSPS) is 14.3. The molecule has 4 aromatic rings. The largest absolute Gasteiger partial charge is 0.497 e. The van der Waals surface area contributed by atoms with Crippen molar-refractivity contribution in [1.29, 1.82) is 0 Å². The Kier molecular flexibility index (Phi) is 7.80. The number of rotatable bonds is 8. The zero-order valence-corrected chi connectivity index (χ0v) is 25.0. The molecule has 3 heterocycles. The molecule has 1 aliphatic rings. The Balaban J connectivity index is 1.88. The molecule has 0 bridgehead atoms. The van der Waals surface area contributed by atoms with Gasteiger partial charge in [0.05, 0.1) is 52.6 Å². The van der Waals surface area contributed by atoms with E-state index in [0.717, 1.165) is 0 Å². The van der Waals surface area contributed by atoms with Crippen molar-refractivity contribution in [3.63, 3.8) is 0 Å². The van der Waals surface area contributed by atoms with E-state index in [1.807, 2.05) is 0 Å². The monoisotopic (exact) mass is 597 g/mol. The van der Waals surface area contributed by atoms with Crippen molar-refractivity contribution in [3.8, 4) is 34.4 Å². The maximum atomic E-state index is 14.1. The van der Waals surface area contributed by atoms with Crippen molar-refractivity contribution < 1.29 is 37.3 Å². The van der Waals surface area contributed by atoms with Gasteiger partial charge in [0.2, 0.25) is 0 Å². The van der Waals surface area contributed by atoms with Gasteiger partial charge in [-0.2, -0.15) is 8.78 Å². The smallest absolute Gasteiger partial charge is 0.387 e. The summed E-state index contributed by atoms with van der Waals surface area (Å²) in [7, 11) is 5.69. The first-order valence-corrected chi connectivity index (χ1v) is 13.5.